The Kier molecular flexibility index (Phi) is 34.1. The summed E-state index contributed by atoms with van der Waals surface area (Å²) < 4.78 is 53.9. The lowest BCUT2D eigenvalue weighted by molar-refractivity contribution is -0.297. The van der Waals surface area contributed by atoms with Gasteiger partial charge in [-0.1, -0.05) is 152 Å². The predicted octanol–water partition coefficient (Wildman–Crippen LogP) is 9.34. The SMILES string of the molecule is CCCCC/C=C/C/C=C/C/C=C/C/C=C/CCCC(=O)O[C@H](COC(=O)CC/C=C/CCCCCCCCCCCCC)CO[C@H]1O[C@H](CS(=O)(=O)O)[C@@H](O)C(O)C1O. The van der Waals surface area contributed by atoms with E-state index in [-0.39, 0.29) is 19.4 Å². The molecule has 0 aromatic carbocycles. The van der Waals surface area contributed by atoms with E-state index in [1.165, 1.54) is 83.5 Å². The van der Waals surface area contributed by atoms with Crippen LogP contribution in [0.4, 0.5) is 0 Å². The van der Waals surface area contributed by atoms with E-state index < -0.39 is 71.2 Å². The smallest absolute Gasteiger partial charge is 0.306 e. The number of allylic oxidation sites excluding steroid dienone is 10. The van der Waals surface area contributed by atoms with E-state index in [0.29, 0.717) is 19.3 Å². The molecule has 13 heteroatoms. The molecule has 1 aliphatic heterocycles. The quantitative estimate of drug-likeness (QED) is 0.0201. The number of unbranched alkanes of at least 4 members (excludes halogenated alkanes) is 15. The van der Waals surface area contributed by atoms with Crippen molar-refractivity contribution in [1.29, 1.82) is 0 Å². The van der Waals surface area contributed by atoms with Gasteiger partial charge in [0.25, 0.3) is 10.1 Å². The van der Waals surface area contributed by atoms with Gasteiger partial charge in [-0.15, -0.1) is 0 Å². The molecule has 4 N–H and O–H groups in total. The second-order valence-corrected chi connectivity index (χ2v) is 17.2. The van der Waals surface area contributed by atoms with E-state index in [1.54, 1.807) is 0 Å². The van der Waals surface area contributed by atoms with Crippen LogP contribution >= 0.6 is 0 Å². The highest BCUT2D eigenvalue weighted by Crippen LogP contribution is 2.24. The molecule has 1 fully saturated rings. The molecule has 0 aromatic heterocycles. The van der Waals surface area contributed by atoms with Gasteiger partial charge in [0.2, 0.25) is 0 Å². The zero-order valence-corrected chi connectivity index (χ0v) is 37.6. The van der Waals surface area contributed by atoms with Crippen LogP contribution in [0.1, 0.15) is 168 Å². The zero-order chi connectivity index (χ0) is 44.1. The summed E-state index contributed by atoms with van der Waals surface area (Å²) in [7, 11) is -4.61. The summed E-state index contributed by atoms with van der Waals surface area (Å²) in [5, 5.41) is 30.9. The number of ether oxygens (including phenoxy) is 4. The highest BCUT2D eigenvalue weighted by atomic mass is 32.2. The third kappa shape index (κ3) is 31.2. The number of aliphatic hydroxyl groups is 3. The standard InChI is InChI=1S/C47H80O12S/c1-3-5-7-9-11-13-15-17-19-20-22-24-26-28-30-32-34-36-43(49)58-40(38-57-47-46(52)45(51)44(50)41(59-47)39-60(53,54)55)37-56-42(48)35-33-31-29-27-25-23-21-18-16-14-12-10-8-6-4-2/h11,13,17,19,22,24,28-31,40-41,44-47,50-52H,3-10,12,14-16,18,20-21,23,25-27,32-39H2,1-2H3,(H,53,54,55)/b13-11+,19-17+,24-22+,30-28+,31-29+/t40-,41-,44-,45?,46?,47+/m1/s1. The van der Waals surface area contributed by atoms with Gasteiger partial charge in [0.1, 0.15) is 36.8 Å². The third-order valence-corrected chi connectivity index (χ3v) is 10.8. The number of esters is 2. The largest absolute Gasteiger partial charge is 0.462 e. The summed E-state index contributed by atoms with van der Waals surface area (Å²) in [5.74, 6) is -2.12. The fourth-order valence-electron chi connectivity index (χ4n) is 6.51. The highest BCUT2D eigenvalue weighted by molar-refractivity contribution is 7.85. The number of carbonyl (C=O) groups is 2. The average Bonchev–Trinajstić information content (AvgIpc) is 3.21. The Morgan fingerprint density at radius 2 is 1.03 bits per heavy atom. The Hall–Kier alpha value is -2.65. The predicted molar refractivity (Wildman–Crippen MR) is 238 cm³/mol. The highest BCUT2D eigenvalue weighted by Gasteiger charge is 2.46. The van der Waals surface area contributed by atoms with Crippen molar-refractivity contribution in [2.24, 2.45) is 0 Å². The first kappa shape index (κ1) is 55.4. The normalized spacial score (nSPS) is 20.7. The van der Waals surface area contributed by atoms with E-state index >= 15 is 0 Å². The van der Waals surface area contributed by atoms with Gasteiger partial charge in [-0.3, -0.25) is 14.1 Å². The van der Waals surface area contributed by atoms with E-state index in [1.807, 2.05) is 18.2 Å². The Morgan fingerprint density at radius 3 is 1.60 bits per heavy atom. The first-order chi connectivity index (χ1) is 29.0. The van der Waals surface area contributed by atoms with Crippen LogP contribution in [0.15, 0.2) is 60.8 Å². The van der Waals surface area contributed by atoms with Gasteiger partial charge in [0.05, 0.1) is 6.61 Å². The van der Waals surface area contributed by atoms with Gasteiger partial charge < -0.3 is 34.3 Å². The van der Waals surface area contributed by atoms with Crippen LogP contribution in [0.5, 0.6) is 0 Å². The Balaban J connectivity index is 2.52. The molecule has 0 aromatic rings. The van der Waals surface area contributed by atoms with Gasteiger partial charge in [-0.05, 0) is 64.2 Å². The number of hydrogen-bond donors (Lipinski definition) is 4. The molecule has 0 saturated carbocycles. The summed E-state index contributed by atoms with van der Waals surface area (Å²) in [6, 6.07) is 0. The molecule has 0 spiro atoms. The van der Waals surface area contributed by atoms with Crippen LogP contribution in [0.3, 0.4) is 0 Å². The molecule has 60 heavy (non-hydrogen) atoms. The van der Waals surface area contributed by atoms with E-state index in [2.05, 4.69) is 56.4 Å². The third-order valence-electron chi connectivity index (χ3n) is 10.1. The van der Waals surface area contributed by atoms with Gasteiger partial charge in [0, 0.05) is 12.8 Å². The van der Waals surface area contributed by atoms with Crippen molar-refractivity contribution in [3.8, 4) is 0 Å². The van der Waals surface area contributed by atoms with Crippen molar-refractivity contribution >= 4 is 22.1 Å². The van der Waals surface area contributed by atoms with Crippen molar-refractivity contribution in [2.45, 2.75) is 205 Å². The molecule has 12 nitrogen and oxygen atoms in total. The van der Waals surface area contributed by atoms with Gasteiger partial charge in [-0.25, -0.2) is 0 Å². The summed E-state index contributed by atoms with van der Waals surface area (Å²) in [5.41, 5.74) is 0. The topological polar surface area (TPSA) is 186 Å². The number of rotatable bonds is 37. The summed E-state index contributed by atoms with van der Waals surface area (Å²) >= 11 is 0. The Morgan fingerprint density at radius 1 is 0.567 bits per heavy atom. The van der Waals surface area contributed by atoms with Crippen molar-refractivity contribution in [3.63, 3.8) is 0 Å². The maximum Gasteiger partial charge on any atom is 0.306 e. The minimum absolute atomic E-state index is 0.0796. The molecular formula is C47H80O12S. The maximum absolute atomic E-state index is 12.8. The molecule has 1 aliphatic rings. The van der Waals surface area contributed by atoms with Crippen LogP contribution in [-0.4, -0.2) is 96.0 Å². The average molecular weight is 869 g/mol. The van der Waals surface area contributed by atoms with Gasteiger partial charge in [-0.2, -0.15) is 8.42 Å². The molecule has 0 bridgehead atoms. The molecule has 0 amide bonds. The van der Waals surface area contributed by atoms with Crippen molar-refractivity contribution in [2.75, 3.05) is 19.0 Å². The lowest BCUT2D eigenvalue weighted by atomic mass is 10.00. The fourth-order valence-corrected chi connectivity index (χ4v) is 7.20. The lowest BCUT2D eigenvalue weighted by Crippen LogP contribution is -2.60. The number of carbonyl (C=O) groups excluding carboxylic acids is 2. The molecule has 346 valence electrons. The molecule has 0 radical (unpaired) electrons. The van der Waals surface area contributed by atoms with E-state index in [9.17, 15) is 37.9 Å². The van der Waals surface area contributed by atoms with Crippen LogP contribution in [0.2, 0.25) is 0 Å². The molecule has 1 saturated heterocycles. The monoisotopic (exact) mass is 869 g/mol. The summed E-state index contributed by atoms with van der Waals surface area (Å²) in [6.45, 7) is 3.65. The number of hydrogen-bond acceptors (Lipinski definition) is 11. The second kappa shape index (κ2) is 37.0. The molecule has 0 aliphatic carbocycles. The van der Waals surface area contributed by atoms with E-state index in [0.717, 1.165) is 38.5 Å². The van der Waals surface area contributed by atoms with Crippen LogP contribution in [0.25, 0.3) is 0 Å². The fraction of sp³-hybridized carbons (Fsp3) is 0.745. The summed E-state index contributed by atoms with van der Waals surface area (Å²) in [4.78, 5) is 25.3. The van der Waals surface area contributed by atoms with Crippen molar-refractivity contribution in [3.05, 3.63) is 60.8 Å². The minimum atomic E-state index is -4.61. The maximum atomic E-state index is 12.8. The first-order valence-corrected chi connectivity index (χ1v) is 24.5. The molecule has 1 heterocycles. The Bertz CT molecular complexity index is 1340. The first-order valence-electron chi connectivity index (χ1n) is 22.8. The Labute approximate surface area is 362 Å². The zero-order valence-electron chi connectivity index (χ0n) is 36.8. The second-order valence-electron chi connectivity index (χ2n) is 15.7. The summed E-state index contributed by atoms with van der Waals surface area (Å²) in [6.07, 6.45) is 35.7. The minimum Gasteiger partial charge on any atom is -0.462 e. The molecule has 2 unspecified atom stereocenters. The van der Waals surface area contributed by atoms with Gasteiger partial charge in [0.15, 0.2) is 12.4 Å². The van der Waals surface area contributed by atoms with E-state index in [4.69, 9.17) is 18.9 Å². The van der Waals surface area contributed by atoms with Crippen molar-refractivity contribution in [1.82, 2.24) is 0 Å². The molecule has 6 atom stereocenters. The number of aliphatic hydroxyl groups excluding tert-OH is 3. The molecular weight excluding hydrogens is 789 g/mol. The van der Waals surface area contributed by atoms with Crippen LogP contribution in [0, 0.1) is 0 Å². The van der Waals surface area contributed by atoms with Crippen LogP contribution < -0.4 is 0 Å². The lowest BCUT2D eigenvalue weighted by Gasteiger charge is -2.40. The van der Waals surface area contributed by atoms with Crippen molar-refractivity contribution < 1.29 is 56.8 Å². The molecule has 1 rings (SSSR count). The van der Waals surface area contributed by atoms with Gasteiger partial charge >= 0.3 is 11.9 Å². The van der Waals surface area contributed by atoms with Crippen LogP contribution in [-0.2, 0) is 38.7 Å².